The highest BCUT2D eigenvalue weighted by molar-refractivity contribution is 8.00. The maximum atomic E-state index is 12.2. The molecule has 4 heteroatoms. The summed E-state index contributed by atoms with van der Waals surface area (Å²) in [6, 6.07) is 8.22. The smallest absolute Gasteiger partial charge is 0.244 e. The van der Waals surface area contributed by atoms with E-state index in [4.69, 9.17) is 0 Å². The Morgan fingerprint density at radius 1 is 1.04 bits per heavy atom. The Bertz CT molecular complexity index is 595. The number of nitrogens with one attached hydrogen (secondary N) is 1. The molecule has 0 saturated heterocycles. The van der Waals surface area contributed by atoms with E-state index in [9.17, 15) is 9.90 Å². The SMILES string of the molecule is O=C(C=Cc1ccccc1SC1CCCCC1)NC1CCCCC1O. The molecular weight excluding hydrogens is 330 g/mol. The fourth-order valence-electron chi connectivity index (χ4n) is 3.76. The molecule has 0 spiro atoms. The molecule has 2 atom stereocenters. The Kier molecular flexibility index (Phi) is 7.00. The zero-order chi connectivity index (χ0) is 17.5. The number of benzene rings is 1. The second-order valence-corrected chi connectivity index (χ2v) is 8.56. The van der Waals surface area contributed by atoms with Gasteiger partial charge in [0.25, 0.3) is 0 Å². The van der Waals surface area contributed by atoms with Crippen LogP contribution in [0.2, 0.25) is 0 Å². The van der Waals surface area contributed by atoms with Crippen molar-refractivity contribution in [1.29, 1.82) is 0 Å². The molecule has 1 aromatic rings. The van der Waals surface area contributed by atoms with Crippen molar-refractivity contribution in [1.82, 2.24) is 5.32 Å². The van der Waals surface area contributed by atoms with Gasteiger partial charge in [0, 0.05) is 16.2 Å². The van der Waals surface area contributed by atoms with Crippen LogP contribution in [0.1, 0.15) is 63.4 Å². The van der Waals surface area contributed by atoms with Gasteiger partial charge in [-0.1, -0.05) is 50.3 Å². The van der Waals surface area contributed by atoms with Gasteiger partial charge >= 0.3 is 0 Å². The van der Waals surface area contributed by atoms with Crippen LogP contribution >= 0.6 is 11.8 Å². The first kappa shape index (κ1) is 18.5. The Morgan fingerprint density at radius 3 is 2.56 bits per heavy atom. The van der Waals surface area contributed by atoms with Gasteiger partial charge in [-0.05, 0) is 43.4 Å². The number of carbonyl (C=O) groups excluding carboxylic acids is 1. The highest BCUT2D eigenvalue weighted by Crippen LogP contribution is 2.35. The summed E-state index contributed by atoms with van der Waals surface area (Å²) in [6.45, 7) is 0. The third-order valence-electron chi connectivity index (χ3n) is 5.24. The highest BCUT2D eigenvalue weighted by atomic mass is 32.2. The molecule has 1 aromatic carbocycles. The normalized spacial score (nSPS) is 25.2. The topological polar surface area (TPSA) is 49.3 Å². The molecule has 2 saturated carbocycles. The summed E-state index contributed by atoms with van der Waals surface area (Å²) in [5.41, 5.74) is 1.11. The van der Waals surface area contributed by atoms with E-state index in [0.29, 0.717) is 5.25 Å². The van der Waals surface area contributed by atoms with Crippen LogP contribution in [-0.4, -0.2) is 28.4 Å². The van der Waals surface area contributed by atoms with Crippen molar-refractivity contribution in [3.8, 4) is 0 Å². The Hall–Kier alpha value is -1.26. The minimum atomic E-state index is -0.403. The number of amides is 1. The van der Waals surface area contributed by atoms with Crippen molar-refractivity contribution < 1.29 is 9.90 Å². The molecule has 0 heterocycles. The van der Waals surface area contributed by atoms with Crippen molar-refractivity contribution in [2.24, 2.45) is 0 Å². The van der Waals surface area contributed by atoms with Crippen LogP contribution in [0.3, 0.4) is 0 Å². The number of hydrogen-bond acceptors (Lipinski definition) is 3. The lowest BCUT2D eigenvalue weighted by Gasteiger charge is -2.27. The zero-order valence-electron chi connectivity index (χ0n) is 14.8. The first-order valence-electron chi connectivity index (χ1n) is 9.65. The number of carbonyl (C=O) groups is 1. The predicted octanol–water partition coefficient (Wildman–Crippen LogP) is 4.54. The van der Waals surface area contributed by atoms with Crippen molar-refractivity contribution in [2.75, 3.05) is 0 Å². The first-order valence-corrected chi connectivity index (χ1v) is 10.5. The molecule has 0 bridgehead atoms. The minimum absolute atomic E-state index is 0.0993. The van der Waals surface area contributed by atoms with Gasteiger partial charge in [-0.3, -0.25) is 4.79 Å². The lowest BCUT2D eigenvalue weighted by atomic mass is 9.92. The largest absolute Gasteiger partial charge is 0.391 e. The maximum Gasteiger partial charge on any atom is 0.244 e. The van der Waals surface area contributed by atoms with Crippen LogP contribution in [0, 0.1) is 0 Å². The number of aliphatic hydroxyl groups excluding tert-OH is 1. The van der Waals surface area contributed by atoms with Crippen LogP contribution < -0.4 is 5.32 Å². The zero-order valence-corrected chi connectivity index (χ0v) is 15.6. The predicted molar refractivity (Wildman–Crippen MR) is 105 cm³/mol. The molecular formula is C21H29NO2S. The molecule has 136 valence electrons. The van der Waals surface area contributed by atoms with Gasteiger partial charge in [0.15, 0.2) is 0 Å². The van der Waals surface area contributed by atoms with Crippen LogP contribution in [-0.2, 0) is 4.79 Å². The van der Waals surface area contributed by atoms with E-state index in [1.54, 1.807) is 6.08 Å². The second-order valence-electron chi connectivity index (χ2n) is 7.22. The molecule has 3 nitrogen and oxygen atoms in total. The Morgan fingerprint density at radius 2 is 1.76 bits per heavy atom. The maximum absolute atomic E-state index is 12.2. The summed E-state index contributed by atoms with van der Waals surface area (Å²) in [6.07, 6.45) is 13.5. The van der Waals surface area contributed by atoms with E-state index in [1.165, 1.54) is 37.0 Å². The molecule has 2 aliphatic carbocycles. The van der Waals surface area contributed by atoms with Gasteiger partial charge in [-0.2, -0.15) is 0 Å². The second kappa shape index (κ2) is 9.44. The molecule has 3 rings (SSSR count). The quantitative estimate of drug-likeness (QED) is 0.759. The van der Waals surface area contributed by atoms with Crippen molar-refractivity contribution in [3.05, 3.63) is 35.9 Å². The number of rotatable bonds is 5. The molecule has 2 unspecified atom stereocenters. The van der Waals surface area contributed by atoms with Gasteiger partial charge in [-0.15, -0.1) is 11.8 Å². The van der Waals surface area contributed by atoms with Crippen molar-refractivity contribution in [2.45, 2.75) is 80.1 Å². The third kappa shape index (κ3) is 5.61. The number of aliphatic hydroxyl groups is 1. The van der Waals surface area contributed by atoms with E-state index in [0.717, 1.165) is 31.2 Å². The lowest BCUT2D eigenvalue weighted by molar-refractivity contribution is -0.118. The van der Waals surface area contributed by atoms with Crippen molar-refractivity contribution >= 4 is 23.7 Å². The summed E-state index contributed by atoms with van der Waals surface area (Å²) in [4.78, 5) is 13.5. The van der Waals surface area contributed by atoms with Crippen LogP contribution in [0.5, 0.6) is 0 Å². The summed E-state index contributed by atoms with van der Waals surface area (Å²) < 4.78 is 0. The fourth-order valence-corrected chi connectivity index (χ4v) is 5.12. The number of hydrogen-bond donors (Lipinski definition) is 2. The fraction of sp³-hybridized carbons (Fsp3) is 0.571. The summed E-state index contributed by atoms with van der Waals surface area (Å²) in [7, 11) is 0. The van der Waals surface area contributed by atoms with E-state index >= 15 is 0 Å². The van der Waals surface area contributed by atoms with Gasteiger partial charge < -0.3 is 10.4 Å². The first-order chi connectivity index (χ1) is 12.2. The lowest BCUT2D eigenvalue weighted by Crippen LogP contribution is -2.44. The van der Waals surface area contributed by atoms with Crippen LogP contribution in [0.4, 0.5) is 0 Å². The average Bonchev–Trinajstić information content (AvgIpc) is 2.64. The van der Waals surface area contributed by atoms with E-state index < -0.39 is 6.10 Å². The molecule has 2 N–H and O–H groups in total. The van der Waals surface area contributed by atoms with Crippen molar-refractivity contribution in [3.63, 3.8) is 0 Å². The monoisotopic (exact) mass is 359 g/mol. The summed E-state index contributed by atoms with van der Waals surface area (Å²) in [5, 5.41) is 13.6. The molecule has 0 radical (unpaired) electrons. The standard InChI is InChI=1S/C21H29NO2S/c23-19-12-6-5-11-18(19)22-21(24)15-14-16-8-4-7-13-20(16)25-17-9-2-1-3-10-17/h4,7-8,13-15,17-19,23H,1-3,5-6,9-12H2,(H,22,24). The van der Waals surface area contributed by atoms with Gasteiger partial charge in [0.05, 0.1) is 12.1 Å². The Balaban J connectivity index is 1.59. The third-order valence-corrected chi connectivity index (χ3v) is 6.67. The van der Waals surface area contributed by atoms with Gasteiger partial charge in [-0.25, -0.2) is 0 Å². The van der Waals surface area contributed by atoms with Gasteiger partial charge in [0.1, 0.15) is 0 Å². The number of thioether (sulfide) groups is 1. The van der Waals surface area contributed by atoms with Crippen LogP contribution in [0.15, 0.2) is 35.2 Å². The van der Waals surface area contributed by atoms with E-state index in [-0.39, 0.29) is 11.9 Å². The minimum Gasteiger partial charge on any atom is -0.391 e. The van der Waals surface area contributed by atoms with Crippen LogP contribution in [0.25, 0.3) is 6.08 Å². The highest BCUT2D eigenvalue weighted by Gasteiger charge is 2.23. The average molecular weight is 360 g/mol. The molecule has 1 amide bonds. The summed E-state index contributed by atoms with van der Waals surface area (Å²) >= 11 is 1.96. The molecule has 25 heavy (non-hydrogen) atoms. The van der Waals surface area contributed by atoms with E-state index in [1.807, 2.05) is 23.9 Å². The molecule has 2 aliphatic rings. The molecule has 2 fully saturated rings. The summed E-state index contributed by atoms with van der Waals surface area (Å²) in [5.74, 6) is -0.108. The van der Waals surface area contributed by atoms with E-state index in [2.05, 4.69) is 23.5 Å². The Labute approximate surface area is 155 Å². The van der Waals surface area contributed by atoms with Gasteiger partial charge in [0.2, 0.25) is 5.91 Å². The molecule has 0 aromatic heterocycles. The molecule has 0 aliphatic heterocycles.